The SMILES string of the molecule is CC(C)(C)[C@H]1C2C=CC(CC2)[C@@H]1C(C)(C)C. The Hall–Kier alpha value is -0.260. The second kappa shape index (κ2) is 3.62. The highest BCUT2D eigenvalue weighted by molar-refractivity contribution is 5.13. The molecule has 0 aromatic heterocycles. The van der Waals surface area contributed by atoms with Gasteiger partial charge in [0.1, 0.15) is 0 Å². The molecule has 92 valence electrons. The van der Waals surface area contributed by atoms with Gasteiger partial charge in [-0.3, -0.25) is 0 Å². The summed E-state index contributed by atoms with van der Waals surface area (Å²) in [5.41, 5.74) is 0.901. The van der Waals surface area contributed by atoms with Crippen LogP contribution in [0.4, 0.5) is 0 Å². The fraction of sp³-hybridized carbons (Fsp3) is 0.875. The summed E-state index contributed by atoms with van der Waals surface area (Å²) in [6.45, 7) is 14.6. The van der Waals surface area contributed by atoms with Gasteiger partial charge in [0, 0.05) is 0 Å². The van der Waals surface area contributed by atoms with E-state index in [4.69, 9.17) is 0 Å². The van der Waals surface area contributed by atoms with Crippen molar-refractivity contribution in [3.05, 3.63) is 12.2 Å². The summed E-state index contributed by atoms with van der Waals surface area (Å²) in [5.74, 6) is 3.43. The van der Waals surface area contributed by atoms with Crippen LogP contribution >= 0.6 is 0 Å². The van der Waals surface area contributed by atoms with Crippen LogP contribution in [0.15, 0.2) is 12.2 Å². The Kier molecular flexibility index (Phi) is 2.76. The van der Waals surface area contributed by atoms with Crippen molar-refractivity contribution in [2.24, 2.45) is 34.5 Å². The molecule has 4 atom stereocenters. The van der Waals surface area contributed by atoms with E-state index in [-0.39, 0.29) is 0 Å². The lowest BCUT2D eigenvalue weighted by molar-refractivity contribution is -0.0304. The second-order valence-corrected chi connectivity index (χ2v) is 8.07. The topological polar surface area (TPSA) is 0 Å². The summed E-state index contributed by atoms with van der Waals surface area (Å²) >= 11 is 0. The Morgan fingerprint density at radius 3 is 1.19 bits per heavy atom. The van der Waals surface area contributed by atoms with E-state index in [2.05, 4.69) is 53.7 Å². The molecule has 0 aliphatic heterocycles. The third-order valence-electron chi connectivity index (χ3n) is 4.75. The first-order chi connectivity index (χ1) is 7.21. The molecule has 1 saturated carbocycles. The molecule has 2 bridgehead atoms. The summed E-state index contributed by atoms with van der Waals surface area (Å²) in [6.07, 6.45) is 7.89. The van der Waals surface area contributed by atoms with Crippen LogP contribution in [-0.2, 0) is 0 Å². The van der Waals surface area contributed by atoms with Gasteiger partial charge in [-0.2, -0.15) is 0 Å². The molecular weight excluding hydrogens is 192 g/mol. The molecule has 0 aromatic rings. The maximum absolute atomic E-state index is 2.52. The average molecular weight is 220 g/mol. The van der Waals surface area contributed by atoms with Crippen LogP contribution < -0.4 is 0 Å². The highest BCUT2D eigenvalue weighted by atomic mass is 14.5. The van der Waals surface area contributed by atoms with Crippen molar-refractivity contribution in [3.8, 4) is 0 Å². The van der Waals surface area contributed by atoms with Crippen LogP contribution in [0.3, 0.4) is 0 Å². The van der Waals surface area contributed by atoms with E-state index in [0.29, 0.717) is 10.8 Å². The minimum Gasteiger partial charge on any atom is -0.0848 e. The molecule has 0 saturated heterocycles. The zero-order valence-electron chi connectivity index (χ0n) is 11.9. The number of hydrogen-bond donors (Lipinski definition) is 0. The summed E-state index contributed by atoms with van der Waals surface area (Å²) in [5, 5.41) is 0. The molecule has 0 nitrogen and oxygen atoms in total. The molecule has 3 aliphatic rings. The monoisotopic (exact) mass is 220 g/mol. The van der Waals surface area contributed by atoms with Crippen LogP contribution in [0, 0.1) is 34.5 Å². The third kappa shape index (κ3) is 1.96. The van der Waals surface area contributed by atoms with Gasteiger partial charge in [-0.1, -0.05) is 53.7 Å². The van der Waals surface area contributed by atoms with Gasteiger partial charge in [-0.15, -0.1) is 0 Å². The lowest BCUT2D eigenvalue weighted by atomic mass is 9.49. The summed E-state index contributed by atoms with van der Waals surface area (Å²) < 4.78 is 0. The fourth-order valence-corrected chi connectivity index (χ4v) is 4.36. The molecule has 0 heterocycles. The van der Waals surface area contributed by atoms with Crippen molar-refractivity contribution < 1.29 is 0 Å². The number of allylic oxidation sites excluding steroid dienone is 2. The van der Waals surface area contributed by atoms with E-state index in [1.165, 1.54) is 12.8 Å². The van der Waals surface area contributed by atoms with Crippen molar-refractivity contribution in [3.63, 3.8) is 0 Å². The van der Waals surface area contributed by atoms with E-state index >= 15 is 0 Å². The molecule has 0 aromatic carbocycles. The van der Waals surface area contributed by atoms with Crippen LogP contribution in [-0.4, -0.2) is 0 Å². The fourth-order valence-electron chi connectivity index (χ4n) is 4.36. The van der Waals surface area contributed by atoms with E-state index in [9.17, 15) is 0 Å². The molecule has 3 aliphatic carbocycles. The Bertz CT molecular complexity index is 254. The molecule has 0 heteroatoms. The van der Waals surface area contributed by atoms with Gasteiger partial charge in [0.2, 0.25) is 0 Å². The van der Waals surface area contributed by atoms with Crippen LogP contribution in [0.25, 0.3) is 0 Å². The molecule has 16 heavy (non-hydrogen) atoms. The minimum atomic E-state index is 0.450. The largest absolute Gasteiger partial charge is 0.0848 e. The Labute approximate surface area is 102 Å². The molecule has 2 unspecified atom stereocenters. The molecular formula is C16H28. The van der Waals surface area contributed by atoms with Crippen molar-refractivity contribution in [1.29, 1.82) is 0 Å². The number of hydrogen-bond acceptors (Lipinski definition) is 0. The molecule has 1 fully saturated rings. The van der Waals surface area contributed by atoms with E-state index < -0.39 is 0 Å². The Morgan fingerprint density at radius 2 is 1.00 bits per heavy atom. The van der Waals surface area contributed by atoms with Crippen molar-refractivity contribution in [1.82, 2.24) is 0 Å². The van der Waals surface area contributed by atoms with Gasteiger partial charge in [0.05, 0.1) is 0 Å². The lowest BCUT2D eigenvalue weighted by Crippen LogP contribution is -2.48. The van der Waals surface area contributed by atoms with Gasteiger partial charge in [-0.25, -0.2) is 0 Å². The van der Waals surface area contributed by atoms with Gasteiger partial charge in [-0.05, 0) is 47.3 Å². The van der Waals surface area contributed by atoms with Crippen molar-refractivity contribution in [2.75, 3.05) is 0 Å². The van der Waals surface area contributed by atoms with E-state index in [1.807, 2.05) is 0 Å². The molecule has 0 N–H and O–H groups in total. The summed E-state index contributed by atoms with van der Waals surface area (Å²) in [6, 6.07) is 0. The Morgan fingerprint density at radius 1 is 0.688 bits per heavy atom. The van der Waals surface area contributed by atoms with E-state index in [1.54, 1.807) is 0 Å². The van der Waals surface area contributed by atoms with Crippen LogP contribution in [0.2, 0.25) is 0 Å². The van der Waals surface area contributed by atoms with Crippen LogP contribution in [0.5, 0.6) is 0 Å². The zero-order chi connectivity index (χ0) is 12.1. The third-order valence-corrected chi connectivity index (χ3v) is 4.75. The molecule has 0 amide bonds. The van der Waals surface area contributed by atoms with Gasteiger partial charge in [0.25, 0.3) is 0 Å². The zero-order valence-corrected chi connectivity index (χ0v) is 11.9. The smallest absolute Gasteiger partial charge is 0.0197 e. The van der Waals surface area contributed by atoms with Crippen LogP contribution in [0.1, 0.15) is 54.4 Å². The predicted molar refractivity (Wildman–Crippen MR) is 71.2 cm³/mol. The van der Waals surface area contributed by atoms with Crippen molar-refractivity contribution in [2.45, 2.75) is 54.4 Å². The highest BCUT2D eigenvalue weighted by Gasteiger charge is 2.49. The normalized spacial score (nSPS) is 39.1. The number of rotatable bonds is 0. The highest BCUT2D eigenvalue weighted by Crippen LogP contribution is 2.57. The first kappa shape index (κ1) is 12.2. The maximum atomic E-state index is 2.52. The molecule has 0 spiro atoms. The van der Waals surface area contributed by atoms with Crippen molar-refractivity contribution >= 4 is 0 Å². The first-order valence-electron chi connectivity index (χ1n) is 6.89. The van der Waals surface area contributed by atoms with Gasteiger partial charge >= 0.3 is 0 Å². The van der Waals surface area contributed by atoms with Gasteiger partial charge in [0.15, 0.2) is 0 Å². The predicted octanol–water partition coefficient (Wildman–Crippen LogP) is 4.91. The summed E-state index contributed by atoms with van der Waals surface area (Å²) in [7, 11) is 0. The number of fused-ring (bicyclic) bond motifs is 2. The molecule has 3 rings (SSSR count). The average Bonchev–Trinajstić information content (AvgIpc) is 2.15. The van der Waals surface area contributed by atoms with E-state index in [0.717, 1.165) is 23.7 Å². The maximum Gasteiger partial charge on any atom is -0.0197 e. The standard InChI is InChI=1S/C16H28/c1-15(2,3)13-11-7-9-12(10-8-11)14(13)16(4,5)6/h7,9,11-14H,8,10H2,1-6H3/t11?,12?,13-,14-/m0/s1. The molecule has 0 radical (unpaired) electrons. The minimum absolute atomic E-state index is 0.450. The Balaban J connectivity index is 2.37. The summed E-state index contributed by atoms with van der Waals surface area (Å²) in [4.78, 5) is 0. The quantitative estimate of drug-likeness (QED) is 0.509. The van der Waals surface area contributed by atoms with Gasteiger partial charge < -0.3 is 0 Å². The second-order valence-electron chi connectivity index (χ2n) is 8.07. The first-order valence-corrected chi connectivity index (χ1v) is 6.89. The lowest BCUT2D eigenvalue weighted by Gasteiger charge is -2.55.